The Morgan fingerprint density at radius 1 is 1.03 bits per heavy atom. The van der Waals surface area contributed by atoms with E-state index >= 15 is 0 Å². The summed E-state index contributed by atoms with van der Waals surface area (Å²) >= 11 is 3.34. The van der Waals surface area contributed by atoms with Gasteiger partial charge < -0.3 is 4.90 Å². The summed E-state index contributed by atoms with van der Waals surface area (Å²) in [7, 11) is 0. The smallest absolute Gasteiger partial charge is 0.260 e. The molecule has 0 radical (unpaired) electrons. The molecule has 1 aliphatic rings. The highest BCUT2D eigenvalue weighted by Gasteiger charge is 2.23. The van der Waals surface area contributed by atoms with Crippen LogP contribution < -0.4 is 4.90 Å². The van der Waals surface area contributed by atoms with Crippen molar-refractivity contribution in [1.29, 1.82) is 0 Å². The summed E-state index contributed by atoms with van der Waals surface area (Å²) < 4.78 is 1.13. The van der Waals surface area contributed by atoms with Crippen molar-refractivity contribution in [3.63, 3.8) is 0 Å². The number of rotatable bonds is 8. The van der Waals surface area contributed by atoms with E-state index in [-0.39, 0.29) is 5.91 Å². The molecular formula is C25H31N3OS2. The quantitative estimate of drug-likeness (QED) is 0.399. The molecule has 4 rings (SSSR count). The van der Waals surface area contributed by atoms with Crippen LogP contribution in [0, 0.1) is 0 Å². The van der Waals surface area contributed by atoms with Crippen molar-refractivity contribution >= 4 is 44.4 Å². The molecule has 0 fully saturated rings. The third-order valence-corrected chi connectivity index (χ3v) is 7.96. The van der Waals surface area contributed by atoms with Crippen molar-refractivity contribution < 1.29 is 4.79 Å². The van der Waals surface area contributed by atoms with E-state index in [4.69, 9.17) is 4.98 Å². The van der Waals surface area contributed by atoms with Gasteiger partial charge in [0.25, 0.3) is 5.91 Å². The Hall–Kier alpha value is -1.89. The number of aromatic nitrogens is 1. The van der Waals surface area contributed by atoms with Crippen molar-refractivity contribution in [1.82, 2.24) is 9.88 Å². The summed E-state index contributed by atoms with van der Waals surface area (Å²) in [6.45, 7) is 7.78. The average molecular weight is 454 g/mol. The lowest BCUT2D eigenvalue weighted by molar-refractivity contribution is 0.0983. The Bertz CT molecular complexity index is 1060. The maximum absolute atomic E-state index is 13.7. The number of thiazole rings is 1. The predicted molar refractivity (Wildman–Crippen MR) is 134 cm³/mol. The molecule has 0 unspecified atom stereocenters. The molecule has 0 saturated carbocycles. The number of hydrogen-bond acceptors (Lipinski definition) is 5. The zero-order chi connectivity index (χ0) is 21.8. The van der Waals surface area contributed by atoms with Gasteiger partial charge in [-0.2, -0.15) is 0 Å². The highest BCUT2D eigenvalue weighted by Crippen LogP contribution is 2.32. The van der Waals surface area contributed by atoms with E-state index in [2.05, 4.69) is 55.3 Å². The highest BCUT2D eigenvalue weighted by molar-refractivity contribution is 7.98. The highest BCUT2D eigenvalue weighted by atomic mass is 32.2. The second-order valence-electron chi connectivity index (χ2n) is 8.00. The molecule has 3 aromatic rings. The number of hydrogen-bond donors (Lipinski definition) is 0. The van der Waals surface area contributed by atoms with E-state index in [0.29, 0.717) is 6.54 Å². The van der Waals surface area contributed by atoms with Crippen LogP contribution in [0.5, 0.6) is 0 Å². The summed E-state index contributed by atoms with van der Waals surface area (Å²) in [5.74, 6) is 0.0599. The van der Waals surface area contributed by atoms with Gasteiger partial charge in [-0.1, -0.05) is 31.3 Å². The number of aryl methyl sites for hydroxylation is 2. The monoisotopic (exact) mass is 453 g/mol. The second-order valence-corrected chi connectivity index (χ2v) is 9.89. The maximum Gasteiger partial charge on any atom is 0.260 e. The largest absolute Gasteiger partial charge is 0.302 e. The number of benzene rings is 2. The van der Waals surface area contributed by atoms with Crippen LogP contribution in [0.2, 0.25) is 0 Å². The molecule has 6 heteroatoms. The minimum absolute atomic E-state index is 0.0599. The van der Waals surface area contributed by atoms with Crippen molar-refractivity contribution in [3.05, 3.63) is 53.1 Å². The Morgan fingerprint density at radius 3 is 2.55 bits per heavy atom. The Kier molecular flexibility index (Phi) is 7.31. The van der Waals surface area contributed by atoms with Gasteiger partial charge in [0.1, 0.15) is 0 Å². The van der Waals surface area contributed by atoms with Crippen molar-refractivity contribution in [2.75, 3.05) is 37.3 Å². The molecule has 4 nitrogen and oxygen atoms in total. The number of amides is 1. The maximum atomic E-state index is 13.7. The lowest BCUT2D eigenvalue weighted by Crippen LogP contribution is -2.39. The van der Waals surface area contributed by atoms with Crippen LogP contribution in [0.4, 0.5) is 5.13 Å². The van der Waals surface area contributed by atoms with Crippen LogP contribution in [-0.4, -0.2) is 48.2 Å². The molecule has 0 saturated heterocycles. The summed E-state index contributed by atoms with van der Waals surface area (Å²) in [5, 5.41) is 0.795. The average Bonchev–Trinajstić information content (AvgIpc) is 3.24. The molecule has 1 aromatic heterocycles. The topological polar surface area (TPSA) is 36.4 Å². The number of carbonyl (C=O) groups is 1. The summed E-state index contributed by atoms with van der Waals surface area (Å²) in [5.41, 5.74) is 4.49. The van der Waals surface area contributed by atoms with Crippen LogP contribution in [-0.2, 0) is 12.8 Å². The van der Waals surface area contributed by atoms with Gasteiger partial charge in [-0.25, -0.2) is 4.98 Å². The van der Waals surface area contributed by atoms with E-state index in [1.165, 1.54) is 28.9 Å². The number of thioether (sulfide) groups is 1. The summed E-state index contributed by atoms with van der Waals surface area (Å²) in [4.78, 5) is 24.0. The van der Waals surface area contributed by atoms with Crippen LogP contribution in [0.3, 0.4) is 0 Å². The molecule has 2 aromatic carbocycles. The van der Waals surface area contributed by atoms with Gasteiger partial charge in [-0.15, -0.1) is 11.8 Å². The zero-order valence-electron chi connectivity index (χ0n) is 18.7. The van der Waals surface area contributed by atoms with Crippen LogP contribution in [0.1, 0.15) is 48.2 Å². The molecule has 1 aliphatic carbocycles. The van der Waals surface area contributed by atoms with E-state index in [0.717, 1.165) is 53.4 Å². The fourth-order valence-electron chi connectivity index (χ4n) is 4.22. The van der Waals surface area contributed by atoms with E-state index in [1.54, 1.807) is 23.1 Å². The lowest BCUT2D eigenvalue weighted by atomic mass is 9.90. The first-order valence-electron chi connectivity index (χ1n) is 11.2. The molecule has 0 N–H and O–H groups in total. The molecule has 0 atom stereocenters. The van der Waals surface area contributed by atoms with Gasteiger partial charge in [0.2, 0.25) is 0 Å². The first-order chi connectivity index (χ1) is 15.1. The summed E-state index contributed by atoms with van der Waals surface area (Å²) in [6.07, 6.45) is 6.75. The van der Waals surface area contributed by atoms with Crippen LogP contribution in [0.25, 0.3) is 10.2 Å². The Balaban J connectivity index is 1.67. The van der Waals surface area contributed by atoms with Gasteiger partial charge in [-0.3, -0.25) is 9.69 Å². The molecule has 164 valence electrons. The first kappa shape index (κ1) is 22.3. The molecule has 1 amide bonds. The van der Waals surface area contributed by atoms with Crippen molar-refractivity contribution in [2.24, 2.45) is 0 Å². The van der Waals surface area contributed by atoms with Gasteiger partial charge in [0.15, 0.2) is 5.13 Å². The molecule has 0 spiro atoms. The molecule has 0 aliphatic heterocycles. The van der Waals surface area contributed by atoms with E-state index in [9.17, 15) is 4.79 Å². The van der Waals surface area contributed by atoms with E-state index in [1.807, 2.05) is 11.0 Å². The minimum Gasteiger partial charge on any atom is -0.302 e. The molecule has 1 heterocycles. The van der Waals surface area contributed by atoms with Gasteiger partial charge in [-0.05, 0) is 86.5 Å². The molecular weight excluding hydrogens is 422 g/mol. The van der Waals surface area contributed by atoms with Crippen molar-refractivity contribution in [3.8, 4) is 0 Å². The number of likely N-dealkylation sites (N-methyl/N-ethyl adjacent to an activating group) is 1. The van der Waals surface area contributed by atoms with Gasteiger partial charge in [0, 0.05) is 23.5 Å². The number of fused-ring (bicyclic) bond motifs is 2. The van der Waals surface area contributed by atoms with Gasteiger partial charge >= 0.3 is 0 Å². The zero-order valence-corrected chi connectivity index (χ0v) is 20.3. The Morgan fingerprint density at radius 2 is 1.81 bits per heavy atom. The molecule has 31 heavy (non-hydrogen) atoms. The number of carbonyl (C=O) groups excluding carboxylic acids is 1. The second kappa shape index (κ2) is 10.2. The standard InChI is InChI=1S/C25H31N3OS2/c1-4-27(5-2)14-15-28(25-26-22-13-12-21(30-3)17-23(22)31-25)24(29)20-11-10-18-8-6-7-9-19(18)16-20/h10-13,16-17H,4-9,14-15H2,1-3H3. The number of nitrogens with zero attached hydrogens (tertiary/aromatic N) is 3. The Labute approximate surface area is 193 Å². The van der Waals surface area contributed by atoms with E-state index < -0.39 is 0 Å². The number of anilines is 1. The minimum atomic E-state index is 0.0599. The fraction of sp³-hybridized carbons (Fsp3) is 0.440. The fourth-order valence-corrected chi connectivity index (χ4v) is 5.77. The molecule has 0 bridgehead atoms. The van der Waals surface area contributed by atoms with Crippen molar-refractivity contribution in [2.45, 2.75) is 44.4 Å². The van der Waals surface area contributed by atoms with Crippen LogP contribution >= 0.6 is 23.1 Å². The third kappa shape index (κ3) is 4.97. The first-order valence-corrected chi connectivity index (χ1v) is 13.3. The predicted octanol–water partition coefficient (Wildman–Crippen LogP) is 5.89. The third-order valence-electron chi connectivity index (χ3n) is 6.19. The van der Waals surface area contributed by atoms with Crippen LogP contribution in [0.15, 0.2) is 41.3 Å². The SMILES string of the molecule is CCN(CC)CCN(C(=O)c1ccc2c(c1)CCCC2)c1nc2ccc(SC)cc2s1. The summed E-state index contributed by atoms with van der Waals surface area (Å²) in [6, 6.07) is 12.6. The lowest BCUT2D eigenvalue weighted by Gasteiger charge is -2.25. The van der Waals surface area contributed by atoms with Gasteiger partial charge in [0.05, 0.1) is 10.2 Å². The normalized spacial score (nSPS) is 13.5.